The van der Waals surface area contributed by atoms with Gasteiger partial charge >= 0.3 is 10.1 Å². The fourth-order valence-corrected chi connectivity index (χ4v) is 3.06. The predicted molar refractivity (Wildman–Crippen MR) is 82.2 cm³/mol. The Labute approximate surface area is 137 Å². The van der Waals surface area contributed by atoms with Crippen LogP contribution in [0.5, 0.6) is 11.5 Å². The van der Waals surface area contributed by atoms with Crippen LogP contribution in [0.1, 0.15) is 17.3 Å². The van der Waals surface area contributed by atoms with Crippen LogP contribution in [0.3, 0.4) is 0 Å². The highest BCUT2D eigenvalue weighted by Crippen LogP contribution is 2.32. The van der Waals surface area contributed by atoms with Gasteiger partial charge in [-0.15, -0.1) is 0 Å². The van der Waals surface area contributed by atoms with Gasteiger partial charge in [-0.05, 0) is 37.3 Å². The smallest absolute Gasteiger partial charge is 0.342 e. The molecule has 8 heteroatoms. The van der Waals surface area contributed by atoms with E-state index in [2.05, 4.69) is 0 Å². The maximum atomic E-state index is 13.9. The highest BCUT2D eigenvalue weighted by atomic mass is 35.5. The molecule has 0 bridgehead atoms. The number of rotatable bonds is 5. The highest BCUT2D eigenvalue weighted by molar-refractivity contribution is 7.87. The summed E-state index contributed by atoms with van der Waals surface area (Å²) in [5.41, 5.74) is 0.320. The Kier molecular flexibility index (Phi) is 4.91. The van der Waals surface area contributed by atoms with Gasteiger partial charge in [-0.3, -0.25) is 4.79 Å². The summed E-state index contributed by atoms with van der Waals surface area (Å²) in [6, 6.07) is 7.52. The Morgan fingerprint density at radius 1 is 1.17 bits per heavy atom. The molecule has 0 heterocycles. The normalized spacial score (nSPS) is 11.1. The molecule has 0 amide bonds. The first-order valence-corrected chi connectivity index (χ1v) is 8.12. The fraction of sp³-hybridized carbons (Fsp3) is 0.133. The van der Waals surface area contributed by atoms with Gasteiger partial charge in [0.05, 0.1) is 12.1 Å². The molecule has 2 aromatic carbocycles. The Hall–Kier alpha value is -2.12. The van der Waals surface area contributed by atoms with Gasteiger partial charge in [0.2, 0.25) is 0 Å². The number of Topliss-reactive ketones (excluding diaryl/α,β-unsaturated/α-hetero) is 1. The number of hydrogen-bond donors (Lipinski definition) is 0. The van der Waals surface area contributed by atoms with Crippen LogP contribution in [-0.4, -0.2) is 21.3 Å². The predicted octanol–water partition coefficient (Wildman–Crippen LogP) is 3.46. The zero-order valence-electron chi connectivity index (χ0n) is 12.2. The van der Waals surface area contributed by atoms with Crippen molar-refractivity contribution in [1.29, 1.82) is 0 Å². The number of methoxy groups -OCH3 is 1. The molecule has 0 aliphatic heterocycles. The molecule has 0 spiro atoms. The molecule has 0 N–H and O–H groups in total. The lowest BCUT2D eigenvalue weighted by Crippen LogP contribution is -2.12. The zero-order valence-corrected chi connectivity index (χ0v) is 13.7. The van der Waals surface area contributed by atoms with Gasteiger partial charge in [0.1, 0.15) is 4.90 Å². The van der Waals surface area contributed by atoms with Crippen LogP contribution >= 0.6 is 11.6 Å². The largest absolute Gasteiger partial charge is 0.493 e. The lowest BCUT2D eigenvalue weighted by Gasteiger charge is -2.12. The van der Waals surface area contributed by atoms with Gasteiger partial charge in [0.15, 0.2) is 23.1 Å². The van der Waals surface area contributed by atoms with Gasteiger partial charge < -0.3 is 8.92 Å². The topological polar surface area (TPSA) is 69.7 Å². The van der Waals surface area contributed by atoms with Crippen molar-refractivity contribution in [1.82, 2.24) is 0 Å². The number of carbonyl (C=O) groups is 1. The summed E-state index contributed by atoms with van der Waals surface area (Å²) in [6.07, 6.45) is 0. The second-order valence-corrected chi connectivity index (χ2v) is 6.43. The summed E-state index contributed by atoms with van der Waals surface area (Å²) in [6.45, 7) is 1.35. The Balaban J connectivity index is 2.45. The molecule has 0 aromatic heterocycles. The van der Waals surface area contributed by atoms with E-state index < -0.39 is 20.8 Å². The van der Waals surface area contributed by atoms with Crippen LogP contribution in [0.2, 0.25) is 5.02 Å². The van der Waals surface area contributed by atoms with E-state index >= 15 is 0 Å². The van der Waals surface area contributed by atoms with E-state index in [4.69, 9.17) is 20.5 Å². The SMILES string of the molecule is COc1cc(C(C)=O)ccc1OS(=O)(=O)c1cccc(Cl)c1F. The van der Waals surface area contributed by atoms with E-state index in [1.165, 1.54) is 44.4 Å². The van der Waals surface area contributed by atoms with Crippen molar-refractivity contribution in [2.24, 2.45) is 0 Å². The molecule has 0 unspecified atom stereocenters. The van der Waals surface area contributed by atoms with E-state index in [-0.39, 0.29) is 22.3 Å². The Morgan fingerprint density at radius 2 is 1.87 bits per heavy atom. The highest BCUT2D eigenvalue weighted by Gasteiger charge is 2.24. The number of ketones is 1. The van der Waals surface area contributed by atoms with E-state index in [1.807, 2.05) is 0 Å². The van der Waals surface area contributed by atoms with Crippen molar-refractivity contribution in [2.75, 3.05) is 7.11 Å². The number of ether oxygens (including phenoxy) is 1. The van der Waals surface area contributed by atoms with Crippen molar-refractivity contribution in [3.8, 4) is 11.5 Å². The first-order chi connectivity index (χ1) is 10.8. The molecule has 23 heavy (non-hydrogen) atoms. The molecule has 0 aliphatic carbocycles. The lowest BCUT2D eigenvalue weighted by atomic mass is 10.1. The average Bonchev–Trinajstić information content (AvgIpc) is 2.49. The minimum Gasteiger partial charge on any atom is -0.493 e. The standard InChI is InChI=1S/C15H12ClFO5S/c1-9(18)10-6-7-12(13(8-10)21-2)22-23(19,20)14-5-3-4-11(16)15(14)17/h3-8H,1-2H3. The third kappa shape index (κ3) is 3.62. The van der Waals surface area contributed by atoms with Crippen LogP contribution in [0.25, 0.3) is 0 Å². The number of halogens is 2. The molecule has 0 atom stereocenters. The van der Waals surface area contributed by atoms with E-state index in [9.17, 15) is 17.6 Å². The second kappa shape index (κ2) is 6.55. The molecule has 5 nitrogen and oxygen atoms in total. The first kappa shape index (κ1) is 17.2. The van der Waals surface area contributed by atoms with Crippen molar-refractivity contribution >= 4 is 27.5 Å². The van der Waals surface area contributed by atoms with Gasteiger partial charge in [-0.1, -0.05) is 17.7 Å². The summed E-state index contributed by atoms with van der Waals surface area (Å²) in [5.74, 6) is -1.47. The molecular formula is C15H12ClFO5S. The van der Waals surface area contributed by atoms with Crippen molar-refractivity contribution in [2.45, 2.75) is 11.8 Å². The summed E-state index contributed by atoms with van der Waals surface area (Å²) in [7, 11) is -3.17. The van der Waals surface area contributed by atoms with Crippen molar-refractivity contribution in [3.63, 3.8) is 0 Å². The lowest BCUT2D eigenvalue weighted by molar-refractivity contribution is 0.101. The maximum Gasteiger partial charge on any atom is 0.342 e. The maximum absolute atomic E-state index is 13.9. The van der Waals surface area contributed by atoms with Gasteiger partial charge in [-0.2, -0.15) is 8.42 Å². The number of carbonyl (C=O) groups excluding carboxylic acids is 1. The summed E-state index contributed by atoms with van der Waals surface area (Å²) >= 11 is 5.58. The van der Waals surface area contributed by atoms with E-state index in [0.717, 1.165) is 6.07 Å². The minimum absolute atomic E-state index is 0.0312. The van der Waals surface area contributed by atoms with Crippen molar-refractivity contribution < 1.29 is 26.5 Å². The van der Waals surface area contributed by atoms with Crippen LogP contribution < -0.4 is 8.92 Å². The quantitative estimate of drug-likeness (QED) is 0.604. The fourth-order valence-electron chi connectivity index (χ4n) is 1.80. The molecule has 2 rings (SSSR count). The molecule has 0 aliphatic rings. The van der Waals surface area contributed by atoms with E-state index in [1.54, 1.807) is 0 Å². The van der Waals surface area contributed by atoms with Gasteiger partial charge in [0, 0.05) is 5.56 Å². The second-order valence-electron chi connectivity index (χ2n) is 4.51. The molecular weight excluding hydrogens is 347 g/mol. The first-order valence-electron chi connectivity index (χ1n) is 6.33. The van der Waals surface area contributed by atoms with Crippen LogP contribution in [0, 0.1) is 5.82 Å². The van der Waals surface area contributed by atoms with E-state index in [0.29, 0.717) is 5.56 Å². The Morgan fingerprint density at radius 3 is 2.48 bits per heavy atom. The number of hydrogen-bond acceptors (Lipinski definition) is 5. The van der Waals surface area contributed by atoms with Crippen molar-refractivity contribution in [3.05, 3.63) is 52.8 Å². The molecule has 122 valence electrons. The molecule has 2 aromatic rings. The minimum atomic E-state index is -4.46. The third-order valence-corrected chi connectivity index (χ3v) is 4.50. The van der Waals surface area contributed by atoms with Gasteiger partial charge in [-0.25, -0.2) is 4.39 Å². The third-order valence-electron chi connectivity index (χ3n) is 2.96. The Bertz CT molecular complexity index is 864. The average molecular weight is 359 g/mol. The monoisotopic (exact) mass is 358 g/mol. The van der Waals surface area contributed by atoms with Crippen LogP contribution in [0.4, 0.5) is 4.39 Å². The molecule has 0 radical (unpaired) electrons. The zero-order chi connectivity index (χ0) is 17.2. The summed E-state index contributed by atoms with van der Waals surface area (Å²) in [4.78, 5) is 10.6. The van der Waals surface area contributed by atoms with Crippen LogP contribution in [0.15, 0.2) is 41.3 Å². The molecule has 0 fully saturated rings. The molecule has 0 saturated heterocycles. The van der Waals surface area contributed by atoms with Crippen LogP contribution in [-0.2, 0) is 10.1 Å². The molecule has 0 saturated carbocycles. The van der Waals surface area contributed by atoms with Gasteiger partial charge in [0.25, 0.3) is 0 Å². The number of benzene rings is 2. The summed E-state index contributed by atoms with van der Waals surface area (Å²) in [5, 5.41) is -0.339. The summed E-state index contributed by atoms with van der Waals surface area (Å²) < 4.78 is 48.3.